The van der Waals surface area contributed by atoms with E-state index >= 15 is 0 Å². The lowest BCUT2D eigenvalue weighted by atomic mass is 9.82. The van der Waals surface area contributed by atoms with Crippen molar-refractivity contribution in [1.29, 1.82) is 0 Å². The SMILES string of the molecule is Cc1cc(Br)cc(C(=O)C2CCCc3sccc32)c1. The molecule has 1 nitrogen and oxygen atoms in total. The van der Waals surface area contributed by atoms with Crippen molar-refractivity contribution in [3.8, 4) is 0 Å². The summed E-state index contributed by atoms with van der Waals surface area (Å²) in [6.45, 7) is 2.03. The van der Waals surface area contributed by atoms with Crippen LogP contribution in [-0.4, -0.2) is 5.78 Å². The van der Waals surface area contributed by atoms with E-state index in [4.69, 9.17) is 0 Å². The van der Waals surface area contributed by atoms with Gasteiger partial charge in [-0.05, 0) is 67.0 Å². The van der Waals surface area contributed by atoms with E-state index in [0.29, 0.717) is 0 Å². The van der Waals surface area contributed by atoms with Crippen molar-refractivity contribution in [2.45, 2.75) is 32.1 Å². The normalized spacial score (nSPS) is 18.1. The molecule has 0 N–H and O–H groups in total. The van der Waals surface area contributed by atoms with Crippen molar-refractivity contribution >= 4 is 33.0 Å². The zero-order chi connectivity index (χ0) is 13.4. The Hall–Kier alpha value is -0.930. The number of carbonyl (C=O) groups is 1. The Kier molecular flexibility index (Phi) is 3.59. The molecule has 1 aliphatic carbocycles. The van der Waals surface area contributed by atoms with Crippen LogP contribution in [0, 0.1) is 6.92 Å². The molecule has 19 heavy (non-hydrogen) atoms. The molecular weight excluding hydrogens is 320 g/mol. The molecule has 0 amide bonds. The maximum absolute atomic E-state index is 12.7. The van der Waals surface area contributed by atoms with Crippen molar-refractivity contribution < 1.29 is 4.79 Å². The first-order chi connectivity index (χ1) is 9.15. The minimum absolute atomic E-state index is 0.0590. The van der Waals surface area contributed by atoms with E-state index in [1.165, 1.54) is 10.4 Å². The summed E-state index contributed by atoms with van der Waals surface area (Å²) < 4.78 is 0.984. The predicted molar refractivity (Wildman–Crippen MR) is 83.2 cm³/mol. The molecule has 1 aromatic carbocycles. The molecule has 0 fully saturated rings. The molecule has 0 bridgehead atoms. The smallest absolute Gasteiger partial charge is 0.170 e. The molecule has 3 rings (SSSR count). The summed E-state index contributed by atoms with van der Waals surface area (Å²) in [7, 11) is 0. The van der Waals surface area contributed by atoms with Gasteiger partial charge in [-0.25, -0.2) is 0 Å². The Labute approximate surface area is 125 Å². The minimum Gasteiger partial charge on any atom is -0.293 e. The number of halogens is 1. The summed E-state index contributed by atoms with van der Waals surface area (Å²) in [6.07, 6.45) is 3.24. The van der Waals surface area contributed by atoms with Crippen LogP contribution in [0.5, 0.6) is 0 Å². The van der Waals surface area contributed by atoms with Crippen LogP contribution in [0.3, 0.4) is 0 Å². The molecular formula is C16H15BrOS. The van der Waals surface area contributed by atoms with Crippen LogP contribution in [0.15, 0.2) is 34.1 Å². The van der Waals surface area contributed by atoms with E-state index in [0.717, 1.165) is 34.9 Å². The van der Waals surface area contributed by atoms with Gasteiger partial charge in [-0.2, -0.15) is 0 Å². The number of thiophene rings is 1. The van der Waals surface area contributed by atoms with Crippen LogP contribution < -0.4 is 0 Å². The van der Waals surface area contributed by atoms with E-state index in [2.05, 4.69) is 27.4 Å². The summed E-state index contributed by atoms with van der Waals surface area (Å²) in [5.41, 5.74) is 3.22. The number of fused-ring (bicyclic) bond motifs is 1. The highest BCUT2D eigenvalue weighted by Gasteiger charge is 2.28. The molecule has 3 heteroatoms. The maximum atomic E-state index is 12.7. The van der Waals surface area contributed by atoms with Gasteiger partial charge in [0.15, 0.2) is 5.78 Å². The number of rotatable bonds is 2. The first kappa shape index (κ1) is 13.1. The standard InChI is InChI=1S/C16H15BrOS/c1-10-7-11(9-12(17)8-10)16(18)14-3-2-4-15-13(14)5-6-19-15/h5-9,14H,2-4H2,1H3. The van der Waals surface area contributed by atoms with Crippen LogP contribution in [0.25, 0.3) is 0 Å². The fourth-order valence-corrected chi connectivity index (χ4v) is 4.43. The fourth-order valence-electron chi connectivity index (χ4n) is 2.84. The van der Waals surface area contributed by atoms with Gasteiger partial charge >= 0.3 is 0 Å². The number of Topliss-reactive ketones (excluding diaryl/α,β-unsaturated/α-hetero) is 1. The monoisotopic (exact) mass is 334 g/mol. The number of ketones is 1. The lowest BCUT2D eigenvalue weighted by Gasteiger charge is -2.21. The fraction of sp³-hybridized carbons (Fsp3) is 0.312. The summed E-state index contributed by atoms with van der Waals surface area (Å²) >= 11 is 5.27. The van der Waals surface area contributed by atoms with E-state index in [9.17, 15) is 4.79 Å². The zero-order valence-corrected chi connectivity index (χ0v) is 13.2. The molecule has 1 unspecified atom stereocenters. The van der Waals surface area contributed by atoms with Crippen LogP contribution >= 0.6 is 27.3 Å². The summed E-state index contributed by atoms with van der Waals surface area (Å²) in [6, 6.07) is 8.10. The zero-order valence-electron chi connectivity index (χ0n) is 10.8. The number of benzene rings is 1. The second-order valence-electron chi connectivity index (χ2n) is 5.13. The molecule has 0 aliphatic heterocycles. The third kappa shape index (κ3) is 2.54. The van der Waals surface area contributed by atoms with Gasteiger partial charge in [0.05, 0.1) is 0 Å². The van der Waals surface area contributed by atoms with Crippen LogP contribution in [0.1, 0.15) is 45.1 Å². The van der Waals surface area contributed by atoms with Crippen molar-refractivity contribution in [3.05, 3.63) is 55.7 Å². The average Bonchev–Trinajstić information content (AvgIpc) is 2.84. The summed E-state index contributed by atoms with van der Waals surface area (Å²) in [5.74, 6) is 0.326. The van der Waals surface area contributed by atoms with Crippen LogP contribution in [0.4, 0.5) is 0 Å². The van der Waals surface area contributed by atoms with E-state index in [-0.39, 0.29) is 11.7 Å². The van der Waals surface area contributed by atoms with Crippen molar-refractivity contribution in [2.24, 2.45) is 0 Å². The molecule has 1 atom stereocenters. The van der Waals surface area contributed by atoms with Gasteiger partial charge in [0.1, 0.15) is 0 Å². The second-order valence-corrected chi connectivity index (χ2v) is 7.04. The molecule has 0 saturated carbocycles. The topological polar surface area (TPSA) is 17.1 Å². The van der Waals surface area contributed by atoms with Crippen LogP contribution in [-0.2, 0) is 6.42 Å². The van der Waals surface area contributed by atoms with Crippen molar-refractivity contribution in [3.63, 3.8) is 0 Å². The van der Waals surface area contributed by atoms with Gasteiger partial charge in [0, 0.05) is 20.8 Å². The summed E-state index contributed by atoms with van der Waals surface area (Å²) in [5, 5.41) is 2.11. The largest absolute Gasteiger partial charge is 0.293 e. The third-order valence-electron chi connectivity index (χ3n) is 3.70. The van der Waals surface area contributed by atoms with E-state index < -0.39 is 0 Å². The highest BCUT2D eigenvalue weighted by molar-refractivity contribution is 9.10. The quantitative estimate of drug-likeness (QED) is 0.696. The molecule has 0 saturated heterocycles. The third-order valence-corrected chi connectivity index (χ3v) is 5.15. The van der Waals surface area contributed by atoms with E-state index in [1.807, 2.05) is 25.1 Å². The number of hydrogen-bond acceptors (Lipinski definition) is 2. The maximum Gasteiger partial charge on any atom is 0.170 e. The van der Waals surface area contributed by atoms with Crippen molar-refractivity contribution in [2.75, 3.05) is 0 Å². The first-order valence-corrected chi connectivity index (χ1v) is 8.20. The van der Waals surface area contributed by atoms with Gasteiger partial charge in [-0.15, -0.1) is 11.3 Å². The van der Waals surface area contributed by atoms with Crippen molar-refractivity contribution in [1.82, 2.24) is 0 Å². The lowest BCUT2D eigenvalue weighted by molar-refractivity contribution is 0.0951. The molecule has 1 aliphatic rings. The molecule has 2 aromatic rings. The van der Waals surface area contributed by atoms with E-state index in [1.54, 1.807) is 11.3 Å². The van der Waals surface area contributed by atoms with Gasteiger partial charge < -0.3 is 0 Å². The predicted octanol–water partition coefficient (Wildman–Crippen LogP) is 5.12. The van der Waals surface area contributed by atoms with Gasteiger partial charge in [-0.3, -0.25) is 4.79 Å². The number of carbonyl (C=O) groups excluding carboxylic acids is 1. The Morgan fingerprint density at radius 2 is 2.21 bits per heavy atom. The molecule has 1 aromatic heterocycles. The number of hydrogen-bond donors (Lipinski definition) is 0. The minimum atomic E-state index is 0.0590. The Morgan fingerprint density at radius 1 is 1.37 bits per heavy atom. The average molecular weight is 335 g/mol. The highest BCUT2D eigenvalue weighted by atomic mass is 79.9. The van der Waals surface area contributed by atoms with Gasteiger partial charge in [-0.1, -0.05) is 15.9 Å². The molecule has 0 spiro atoms. The number of aryl methyl sites for hydroxylation is 2. The van der Waals surface area contributed by atoms with Gasteiger partial charge in [0.25, 0.3) is 0 Å². The second kappa shape index (κ2) is 5.22. The molecule has 1 heterocycles. The highest BCUT2D eigenvalue weighted by Crippen LogP contribution is 2.37. The van der Waals surface area contributed by atoms with Gasteiger partial charge in [0.2, 0.25) is 0 Å². The molecule has 0 radical (unpaired) electrons. The summed E-state index contributed by atoms with van der Waals surface area (Å²) in [4.78, 5) is 14.1. The first-order valence-electron chi connectivity index (χ1n) is 6.53. The molecule has 98 valence electrons. The Balaban J connectivity index is 1.97. The lowest BCUT2D eigenvalue weighted by Crippen LogP contribution is -2.17. The Morgan fingerprint density at radius 3 is 3.00 bits per heavy atom. The Bertz CT molecular complexity index is 609. The van der Waals surface area contributed by atoms with Crippen LogP contribution in [0.2, 0.25) is 0 Å².